The lowest BCUT2D eigenvalue weighted by Crippen LogP contribution is -2.45. The van der Waals surface area contributed by atoms with E-state index in [9.17, 15) is 14.7 Å². The van der Waals surface area contributed by atoms with E-state index in [0.717, 1.165) is 49.7 Å². The van der Waals surface area contributed by atoms with Crippen LogP contribution in [0.5, 0.6) is 5.88 Å². The summed E-state index contributed by atoms with van der Waals surface area (Å²) in [5.74, 6) is -1.12. The first kappa shape index (κ1) is 22.1. The predicted octanol–water partition coefficient (Wildman–Crippen LogP) is 3.08. The molecule has 0 atom stereocenters. The van der Waals surface area contributed by atoms with Gasteiger partial charge in [-0.15, -0.1) is 0 Å². The van der Waals surface area contributed by atoms with E-state index in [2.05, 4.69) is 5.10 Å². The standard InChI is InChI=1S/C27H28N4O3/c1-3-18-11-10-16-30(17-18)24-22(26(33)31(27(24)34)20-14-8-5-9-15-20)21-23(28-29(2)25(21)32)19-12-6-4-7-13-19/h4,6-7,10-13,16-17,20H,3,5,8-9,14-15H2,1-2H3. The summed E-state index contributed by atoms with van der Waals surface area (Å²) < 4.78 is 2.95. The van der Waals surface area contributed by atoms with Gasteiger partial charge in [0, 0.05) is 35.8 Å². The van der Waals surface area contributed by atoms with Gasteiger partial charge in [-0.25, -0.2) is 0 Å². The largest absolute Gasteiger partial charge is 0.858 e. The SMILES string of the molecule is CCc1ccc[n+](C2=C(c3c(-c4ccccc4)nn(C)c3[O-])C(=O)N(C3CCCCC3)C2=O)c1. The van der Waals surface area contributed by atoms with Crippen molar-refractivity contribution in [3.05, 3.63) is 66.0 Å². The number of imide groups is 1. The van der Waals surface area contributed by atoms with Crippen LogP contribution in [0.2, 0.25) is 0 Å². The van der Waals surface area contributed by atoms with Crippen LogP contribution in [0, 0.1) is 0 Å². The third-order valence-electron chi connectivity index (χ3n) is 6.85. The van der Waals surface area contributed by atoms with E-state index in [4.69, 9.17) is 0 Å². The molecule has 1 fully saturated rings. The number of pyridine rings is 1. The van der Waals surface area contributed by atoms with Crippen LogP contribution in [0.4, 0.5) is 0 Å². The smallest absolute Gasteiger partial charge is 0.327 e. The first-order valence-corrected chi connectivity index (χ1v) is 11.9. The molecule has 1 aliphatic heterocycles. The van der Waals surface area contributed by atoms with Gasteiger partial charge < -0.3 is 5.11 Å². The second-order valence-electron chi connectivity index (χ2n) is 8.99. The van der Waals surface area contributed by atoms with E-state index in [0.29, 0.717) is 5.69 Å². The lowest BCUT2D eigenvalue weighted by Gasteiger charge is -2.29. The van der Waals surface area contributed by atoms with Crippen molar-refractivity contribution < 1.29 is 19.3 Å². The number of nitrogens with zero attached hydrogens (tertiary/aromatic N) is 4. The molecule has 5 rings (SSSR count). The van der Waals surface area contributed by atoms with E-state index in [-0.39, 0.29) is 34.7 Å². The summed E-state index contributed by atoms with van der Waals surface area (Å²) in [4.78, 5) is 29.2. The van der Waals surface area contributed by atoms with Gasteiger partial charge in [0.2, 0.25) is 0 Å². The zero-order valence-electron chi connectivity index (χ0n) is 19.5. The van der Waals surface area contributed by atoms with Crippen molar-refractivity contribution in [2.24, 2.45) is 7.05 Å². The third kappa shape index (κ3) is 3.61. The molecule has 7 nitrogen and oxygen atoms in total. The number of hydrogen-bond acceptors (Lipinski definition) is 4. The molecule has 0 radical (unpaired) electrons. The Labute approximate surface area is 199 Å². The fourth-order valence-electron chi connectivity index (χ4n) is 5.07. The Balaban J connectivity index is 1.75. The van der Waals surface area contributed by atoms with Crippen molar-refractivity contribution in [1.82, 2.24) is 14.7 Å². The lowest BCUT2D eigenvalue weighted by atomic mass is 9.94. The number of aryl methyl sites for hydroxylation is 2. The van der Waals surface area contributed by atoms with E-state index in [1.165, 1.54) is 9.58 Å². The maximum atomic E-state index is 14.0. The molecule has 2 amide bonds. The lowest BCUT2D eigenvalue weighted by molar-refractivity contribution is -0.577. The molecule has 1 aliphatic carbocycles. The van der Waals surface area contributed by atoms with Crippen LogP contribution in [0.3, 0.4) is 0 Å². The molecule has 1 saturated carbocycles. The van der Waals surface area contributed by atoms with Crippen molar-refractivity contribution >= 4 is 23.1 Å². The van der Waals surface area contributed by atoms with E-state index >= 15 is 0 Å². The molecule has 34 heavy (non-hydrogen) atoms. The van der Waals surface area contributed by atoms with Crippen LogP contribution >= 0.6 is 0 Å². The van der Waals surface area contributed by atoms with Crippen molar-refractivity contribution in [3.63, 3.8) is 0 Å². The van der Waals surface area contributed by atoms with Crippen molar-refractivity contribution in [1.29, 1.82) is 0 Å². The number of carbonyl (C=O) groups excluding carboxylic acids is 2. The molecule has 174 valence electrons. The van der Waals surface area contributed by atoms with Crippen molar-refractivity contribution in [2.75, 3.05) is 0 Å². The molecule has 0 spiro atoms. The van der Waals surface area contributed by atoms with Gasteiger partial charge in [-0.2, -0.15) is 9.67 Å². The first-order chi connectivity index (χ1) is 16.5. The predicted molar refractivity (Wildman–Crippen MR) is 126 cm³/mol. The van der Waals surface area contributed by atoms with Crippen LogP contribution in [-0.2, 0) is 23.1 Å². The Bertz CT molecular complexity index is 1290. The van der Waals surface area contributed by atoms with E-state index < -0.39 is 5.91 Å². The summed E-state index contributed by atoms with van der Waals surface area (Å²) in [6.07, 6.45) is 9.09. The molecular weight excluding hydrogens is 428 g/mol. The number of amides is 2. The van der Waals surface area contributed by atoms with Gasteiger partial charge in [0.25, 0.3) is 11.6 Å². The molecule has 0 N–H and O–H groups in total. The molecular formula is C27H28N4O3. The molecule has 3 heterocycles. The van der Waals surface area contributed by atoms with Gasteiger partial charge >= 0.3 is 5.91 Å². The molecule has 0 unspecified atom stereocenters. The monoisotopic (exact) mass is 456 g/mol. The molecule has 0 bridgehead atoms. The number of benzene rings is 1. The Kier molecular flexibility index (Phi) is 5.77. The topological polar surface area (TPSA) is 82.1 Å². The highest BCUT2D eigenvalue weighted by atomic mass is 16.3. The minimum absolute atomic E-state index is 0.144. The Hall–Kier alpha value is -3.74. The van der Waals surface area contributed by atoms with Crippen molar-refractivity contribution in [3.8, 4) is 17.1 Å². The highest BCUT2D eigenvalue weighted by molar-refractivity contribution is 6.45. The summed E-state index contributed by atoms with van der Waals surface area (Å²) in [7, 11) is 1.57. The maximum Gasteiger partial charge on any atom is 0.327 e. The van der Waals surface area contributed by atoms with Crippen LogP contribution in [-0.4, -0.2) is 32.5 Å². The van der Waals surface area contributed by atoms with Gasteiger partial charge in [-0.05, 0) is 31.2 Å². The van der Waals surface area contributed by atoms with E-state index in [1.807, 2.05) is 55.6 Å². The number of hydrogen-bond donors (Lipinski definition) is 0. The first-order valence-electron chi connectivity index (χ1n) is 11.9. The molecule has 3 aromatic rings. The molecule has 7 heteroatoms. The number of carbonyl (C=O) groups is 2. The van der Waals surface area contributed by atoms with Crippen LogP contribution < -0.4 is 9.67 Å². The van der Waals surface area contributed by atoms with Gasteiger partial charge in [-0.1, -0.05) is 56.5 Å². The third-order valence-corrected chi connectivity index (χ3v) is 6.85. The molecule has 2 aromatic heterocycles. The zero-order chi connectivity index (χ0) is 23.8. The minimum atomic E-state index is -0.399. The average Bonchev–Trinajstić information content (AvgIpc) is 3.31. The fraction of sp³-hybridized carbons (Fsp3) is 0.333. The highest BCUT2D eigenvalue weighted by Crippen LogP contribution is 2.41. The summed E-state index contributed by atoms with van der Waals surface area (Å²) in [5.41, 5.74) is 2.74. The van der Waals surface area contributed by atoms with Crippen molar-refractivity contribution in [2.45, 2.75) is 51.5 Å². The summed E-state index contributed by atoms with van der Waals surface area (Å²) >= 11 is 0. The minimum Gasteiger partial charge on any atom is -0.858 e. The Morgan fingerprint density at radius 3 is 2.47 bits per heavy atom. The fourth-order valence-corrected chi connectivity index (χ4v) is 5.07. The second kappa shape index (κ2) is 8.89. The maximum absolute atomic E-state index is 14.0. The van der Waals surface area contributed by atoms with Crippen LogP contribution in [0.15, 0.2) is 54.9 Å². The second-order valence-corrected chi connectivity index (χ2v) is 8.99. The summed E-state index contributed by atoms with van der Waals surface area (Å²) in [6.45, 7) is 2.04. The van der Waals surface area contributed by atoms with Crippen LogP contribution in [0.25, 0.3) is 22.5 Å². The highest BCUT2D eigenvalue weighted by Gasteiger charge is 2.49. The molecule has 2 aliphatic rings. The van der Waals surface area contributed by atoms with Gasteiger partial charge in [-0.3, -0.25) is 19.2 Å². The zero-order valence-corrected chi connectivity index (χ0v) is 19.5. The Morgan fingerprint density at radius 1 is 1.03 bits per heavy atom. The summed E-state index contributed by atoms with van der Waals surface area (Å²) in [6, 6.07) is 13.0. The van der Waals surface area contributed by atoms with Crippen LogP contribution in [0.1, 0.15) is 50.2 Å². The number of rotatable bonds is 5. The van der Waals surface area contributed by atoms with Gasteiger partial charge in [0.15, 0.2) is 12.4 Å². The quantitative estimate of drug-likeness (QED) is 0.436. The normalized spacial score (nSPS) is 17.2. The van der Waals surface area contributed by atoms with Gasteiger partial charge in [0.05, 0.1) is 5.69 Å². The molecule has 1 aromatic carbocycles. The van der Waals surface area contributed by atoms with E-state index in [1.54, 1.807) is 17.8 Å². The molecule has 0 saturated heterocycles. The van der Waals surface area contributed by atoms with Gasteiger partial charge in [0.1, 0.15) is 5.57 Å². The summed E-state index contributed by atoms with van der Waals surface area (Å²) in [5, 5.41) is 17.8. The average molecular weight is 457 g/mol. The number of aromatic nitrogens is 3. The Morgan fingerprint density at radius 2 is 1.76 bits per heavy atom.